The molecule has 0 unspecified atom stereocenters. The van der Waals surface area contributed by atoms with Crippen molar-refractivity contribution in [3.8, 4) is 17.3 Å². The second-order valence-electron chi connectivity index (χ2n) is 8.34. The van der Waals surface area contributed by atoms with E-state index in [0.29, 0.717) is 26.9 Å². The van der Waals surface area contributed by atoms with Gasteiger partial charge in [0.1, 0.15) is 5.58 Å². The highest BCUT2D eigenvalue weighted by atomic mass is 35.5. The van der Waals surface area contributed by atoms with Crippen LogP contribution < -0.4 is 10.3 Å². The summed E-state index contributed by atoms with van der Waals surface area (Å²) in [7, 11) is 1.18. The average Bonchev–Trinajstić information content (AvgIpc) is 3.35. The number of aromatic nitrogens is 2. The number of halogens is 1. The molecule has 0 spiro atoms. The van der Waals surface area contributed by atoms with E-state index in [2.05, 4.69) is 14.8 Å². The SMILES string of the molecule is COC(=O)[C@@H](C)Oc1c(C=Nn2c(-c3cc4cc(Cl)ccc4o3)nc3ccccc3c2=O)cccc1[N+](=O)[O-]. The Morgan fingerprint density at radius 2 is 1.97 bits per heavy atom. The summed E-state index contributed by atoms with van der Waals surface area (Å²) in [5.74, 6) is -0.593. The number of fused-ring (bicyclic) bond motifs is 2. The fourth-order valence-corrected chi connectivity index (χ4v) is 4.12. The Balaban J connectivity index is 1.69. The number of nitro groups is 1. The minimum atomic E-state index is -1.15. The Morgan fingerprint density at radius 1 is 1.18 bits per heavy atom. The third-order valence-electron chi connectivity index (χ3n) is 5.81. The van der Waals surface area contributed by atoms with Crippen LogP contribution in [0.2, 0.25) is 5.02 Å². The molecule has 1 atom stereocenters. The van der Waals surface area contributed by atoms with Gasteiger partial charge in [0.25, 0.3) is 5.56 Å². The minimum absolute atomic E-state index is 0.0955. The number of carbonyl (C=O) groups is 1. The van der Waals surface area contributed by atoms with Gasteiger partial charge >= 0.3 is 11.7 Å². The van der Waals surface area contributed by atoms with Gasteiger partial charge in [-0.15, -0.1) is 0 Å². The first-order valence-corrected chi connectivity index (χ1v) is 11.9. The Hall–Kier alpha value is -5.03. The summed E-state index contributed by atoms with van der Waals surface area (Å²) in [6.07, 6.45) is 0.0685. The molecule has 0 amide bonds. The number of benzene rings is 3. The molecular weight excluding hydrogens is 528 g/mol. The van der Waals surface area contributed by atoms with Crippen LogP contribution in [0.5, 0.6) is 5.75 Å². The van der Waals surface area contributed by atoms with Crippen molar-refractivity contribution >= 4 is 51.3 Å². The smallest absolute Gasteiger partial charge is 0.346 e. The molecule has 5 aromatic rings. The molecule has 0 aliphatic heterocycles. The van der Waals surface area contributed by atoms with Crippen LogP contribution in [-0.2, 0) is 9.53 Å². The van der Waals surface area contributed by atoms with Crippen LogP contribution in [0.1, 0.15) is 12.5 Å². The lowest BCUT2D eigenvalue weighted by molar-refractivity contribution is -0.386. The van der Waals surface area contributed by atoms with Gasteiger partial charge in [-0.25, -0.2) is 9.78 Å². The predicted octanol–water partition coefficient (Wildman–Crippen LogP) is 5.19. The van der Waals surface area contributed by atoms with E-state index in [1.54, 1.807) is 48.5 Å². The van der Waals surface area contributed by atoms with Crippen molar-refractivity contribution in [2.45, 2.75) is 13.0 Å². The molecule has 0 saturated heterocycles. The largest absolute Gasteiger partial charge is 0.471 e. The van der Waals surface area contributed by atoms with E-state index in [1.165, 1.54) is 38.4 Å². The minimum Gasteiger partial charge on any atom is -0.471 e. The third-order valence-corrected chi connectivity index (χ3v) is 6.05. The van der Waals surface area contributed by atoms with Gasteiger partial charge in [-0.1, -0.05) is 29.8 Å². The van der Waals surface area contributed by atoms with E-state index in [4.69, 9.17) is 20.8 Å². The summed E-state index contributed by atoms with van der Waals surface area (Å²) in [4.78, 5) is 41.1. The molecule has 2 heterocycles. The quantitative estimate of drug-likeness (QED) is 0.117. The Kier molecular flexibility index (Phi) is 6.82. The van der Waals surface area contributed by atoms with Crippen molar-refractivity contribution in [2.75, 3.05) is 7.11 Å². The van der Waals surface area contributed by atoms with E-state index in [9.17, 15) is 19.7 Å². The molecule has 196 valence electrons. The number of rotatable bonds is 7. The summed E-state index contributed by atoms with van der Waals surface area (Å²) in [6, 6.07) is 17.7. The van der Waals surface area contributed by atoms with E-state index in [-0.39, 0.29) is 22.9 Å². The first-order valence-electron chi connectivity index (χ1n) is 11.5. The van der Waals surface area contributed by atoms with Crippen LogP contribution in [0.15, 0.2) is 81.0 Å². The Morgan fingerprint density at radius 3 is 2.74 bits per heavy atom. The third kappa shape index (κ3) is 4.94. The topological polar surface area (TPSA) is 139 Å². The van der Waals surface area contributed by atoms with Gasteiger partial charge < -0.3 is 13.9 Å². The van der Waals surface area contributed by atoms with Gasteiger partial charge in [-0.2, -0.15) is 9.78 Å². The van der Waals surface area contributed by atoms with E-state index < -0.39 is 28.2 Å². The van der Waals surface area contributed by atoms with Gasteiger partial charge in [0.05, 0.1) is 29.2 Å². The number of furan rings is 1. The van der Waals surface area contributed by atoms with Crippen LogP contribution in [0, 0.1) is 10.1 Å². The van der Waals surface area contributed by atoms with Crippen molar-refractivity contribution < 1.29 is 23.6 Å². The number of hydrogen-bond donors (Lipinski definition) is 0. The first kappa shape index (κ1) is 25.6. The van der Waals surface area contributed by atoms with Crippen molar-refractivity contribution in [3.63, 3.8) is 0 Å². The van der Waals surface area contributed by atoms with E-state index in [0.717, 1.165) is 4.68 Å². The highest BCUT2D eigenvalue weighted by molar-refractivity contribution is 6.31. The Labute approximate surface area is 225 Å². The van der Waals surface area contributed by atoms with Gasteiger partial charge in [0.2, 0.25) is 11.6 Å². The van der Waals surface area contributed by atoms with Gasteiger partial charge in [0.15, 0.2) is 11.9 Å². The average molecular weight is 547 g/mol. The second-order valence-corrected chi connectivity index (χ2v) is 8.78. The summed E-state index contributed by atoms with van der Waals surface area (Å²) in [6.45, 7) is 1.40. The zero-order valence-electron chi connectivity index (χ0n) is 20.5. The van der Waals surface area contributed by atoms with Crippen molar-refractivity contribution in [1.29, 1.82) is 0 Å². The van der Waals surface area contributed by atoms with Crippen LogP contribution in [-0.4, -0.2) is 40.0 Å². The molecule has 0 N–H and O–H groups in total. The molecule has 0 aliphatic carbocycles. The maximum atomic E-state index is 13.5. The summed E-state index contributed by atoms with van der Waals surface area (Å²) in [5.41, 5.74) is 0.198. The molecular formula is C27H19ClN4O7. The molecule has 0 radical (unpaired) electrons. The van der Waals surface area contributed by atoms with Crippen LogP contribution in [0.4, 0.5) is 5.69 Å². The van der Waals surface area contributed by atoms with Crippen LogP contribution >= 0.6 is 11.6 Å². The normalized spacial score (nSPS) is 12.2. The van der Waals surface area contributed by atoms with Crippen LogP contribution in [0.3, 0.4) is 0 Å². The fourth-order valence-electron chi connectivity index (χ4n) is 3.94. The fraction of sp³-hybridized carbons (Fsp3) is 0.111. The number of hydrogen-bond acceptors (Lipinski definition) is 9. The molecule has 5 rings (SSSR count). The number of ether oxygens (including phenoxy) is 2. The number of carbonyl (C=O) groups excluding carboxylic acids is 1. The molecule has 0 aliphatic rings. The molecule has 2 aromatic heterocycles. The number of nitrogens with zero attached hydrogens (tertiary/aromatic N) is 4. The highest BCUT2D eigenvalue weighted by Crippen LogP contribution is 2.32. The summed E-state index contributed by atoms with van der Waals surface area (Å²) in [5, 5.41) is 17.5. The number of para-hydroxylation sites is 2. The molecule has 39 heavy (non-hydrogen) atoms. The lowest BCUT2D eigenvalue weighted by Crippen LogP contribution is -2.25. The first-order chi connectivity index (χ1) is 18.8. The van der Waals surface area contributed by atoms with Crippen molar-refractivity contribution in [2.24, 2.45) is 5.10 Å². The zero-order chi connectivity index (χ0) is 27.7. The van der Waals surface area contributed by atoms with E-state index in [1.807, 2.05) is 0 Å². The lowest BCUT2D eigenvalue weighted by atomic mass is 10.2. The maximum Gasteiger partial charge on any atom is 0.346 e. The standard InChI is InChI=1S/C27H19ClN4O7/c1-15(27(34)37-2)38-24-16(6-5-9-21(24)32(35)36)14-29-31-25(30-20-8-4-3-7-19(20)26(31)33)23-13-17-12-18(28)10-11-22(17)39-23/h3-15H,1-2H3/t15-/m1/s1. The Bertz CT molecular complexity index is 1840. The monoisotopic (exact) mass is 546 g/mol. The molecule has 0 fully saturated rings. The zero-order valence-corrected chi connectivity index (χ0v) is 21.3. The lowest BCUT2D eigenvalue weighted by Gasteiger charge is -2.14. The number of methoxy groups -OCH3 is 1. The molecule has 3 aromatic carbocycles. The van der Waals surface area contributed by atoms with Gasteiger partial charge in [-0.05, 0) is 49.4 Å². The predicted molar refractivity (Wildman–Crippen MR) is 144 cm³/mol. The summed E-state index contributed by atoms with van der Waals surface area (Å²) >= 11 is 6.12. The number of nitro benzene ring substituents is 1. The van der Waals surface area contributed by atoms with Crippen LogP contribution in [0.25, 0.3) is 33.5 Å². The summed E-state index contributed by atoms with van der Waals surface area (Å²) < 4.78 is 17.3. The maximum absolute atomic E-state index is 13.5. The molecule has 12 heteroatoms. The van der Waals surface area contributed by atoms with Crippen molar-refractivity contribution in [3.05, 3.63) is 97.8 Å². The molecule has 11 nitrogen and oxygen atoms in total. The molecule has 0 bridgehead atoms. The highest BCUT2D eigenvalue weighted by Gasteiger charge is 2.24. The van der Waals surface area contributed by atoms with Gasteiger partial charge in [-0.3, -0.25) is 14.9 Å². The van der Waals surface area contributed by atoms with Crippen molar-refractivity contribution in [1.82, 2.24) is 9.66 Å². The second kappa shape index (κ2) is 10.4. The van der Waals surface area contributed by atoms with E-state index >= 15 is 0 Å². The number of esters is 1. The molecule has 0 saturated carbocycles. The van der Waals surface area contributed by atoms with Gasteiger partial charge in [0, 0.05) is 22.0 Å².